The number of rotatable bonds is 3. The first-order chi connectivity index (χ1) is 13.9. The van der Waals surface area contributed by atoms with Crippen LogP contribution in [0.25, 0.3) is 0 Å². The molecule has 0 radical (unpaired) electrons. The van der Waals surface area contributed by atoms with E-state index < -0.39 is 12.2 Å². The van der Waals surface area contributed by atoms with Crippen LogP contribution in [0.4, 0.5) is 5.82 Å². The Labute approximate surface area is 178 Å². The van der Waals surface area contributed by atoms with E-state index in [1.165, 1.54) is 0 Å². The van der Waals surface area contributed by atoms with Crippen molar-refractivity contribution in [3.8, 4) is 17.6 Å². The van der Waals surface area contributed by atoms with Crippen LogP contribution < -0.4 is 10.5 Å². The maximum atomic E-state index is 9.83. The van der Waals surface area contributed by atoms with Crippen molar-refractivity contribution in [1.29, 1.82) is 0 Å². The predicted octanol–water partition coefficient (Wildman–Crippen LogP) is 3.24. The van der Waals surface area contributed by atoms with E-state index in [1.807, 2.05) is 6.92 Å². The van der Waals surface area contributed by atoms with E-state index in [1.54, 1.807) is 30.5 Å². The van der Waals surface area contributed by atoms with Gasteiger partial charge in [0.25, 0.3) is 0 Å². The topological polar surface area (TPSA) is 86.8 Å². The van der Waals surface area contributed by atoms with Crippen molar-refractivity contribution in [3.05, 3.63) is 51.6 Å². The van der Waals surface area contributed by atoms with E-state index in [9.17, 15) is 5.11 Å². The number of aliphatic hydroxyl groups excluding tert-OH is 1. The van der Waals surface area contributed by atoms with E-state index in [4.69, 9.17) is 43.1 Å². The van der Waals surface area contributed by atoms with Gasteiger partial charge in [-0.05, 0) is 19.1 Å². The summed E-state index contributed by atoms with van der Waals surface area (Å²) in [7, 11) is 0. The molecular formula is C21H20Cl2N2O4. The van der Waals surface area contributed by atoms with Crippen LogP contribution in [0.1, 0.15) is 24.2 Å². The Morgan fingerprint density at radius 1 is 1.24 bits per heavy atom. The number of ether oxygens (including phenoxy) is 3. The molecular weight excluding hydrogens is 415 g/mol. The summed E-state index contributed by atoms with van der Waals surface area (Å²) in [6.45, 7) is 2.54. The van der Waals surface area contributed by atoms with Crippen LogP contribution >= 0.6 is 23.2 Å². The number of pyridine rings is 1. The Bertz CT molecular complexity index is 955. The molecule has 0 bridgehead atoms. The lowest BCUT2D eigenvalue weighted by molar-refractivity contribution is 0.0179. The molecule has 5 unspecified atom stereocenters. The third kappa shape index (κ3) is 4.16. The van der Waals surface area contributed by atoms with E-state index in [0.717, 1.165) is 0 Å². The first-order valence-electron chi connectivity index (χ1n) is 9.23. The van der Waals surface area contributed by atoms with Gasteiger partial charge in [-0.25, -0.2) is 4.98 Å². The van der Waals surface area contributed by atoms with Gasteiger partial charge in [-0.2, -0.15) is 0 Å². The number of nitrogen functional groups attached to an aromatic ring is 1. The quantitative estimate of drug-likeness (QED) is 0.720. The van der Waals surface area contributed by atoms with Gasteiger partial charge in [0.2, 0.25) is 0 Å². The standard InChI is InChI=1S/C21H20Cl2N2O4/c1-11(18-14(22)3-2-4-15(18)23)29-17-7-12(8-25-21(17)24)5-6-13-9-27-20-16(26)10-28-19(13)20/h2-4,7-8,11,13,16,19-20,26H,9-10H2,1H3,(H2,24,25). The highest BCUT2D eigenvalue weighted by atomic mass is 35.5. The molecule has 3 N–H and O–H groups in total. The molecule has 5 atom stereocenters. The van der Waals surface area contributed by atoms with Crippen LogP contribution in [0.3, 0.4) is 0 Å². The third-order valence-electron chi connectivity index (χ3n) is 5.02. The van der Waals surface area contributed by atoms with Crippen LogP contribution in [0.2, 0.25) is 10.0 Å². The second-order valence-corrected chi connectivity index (χ2v) is 7.86. The van der Waals surface area contributed by atoms with Crippen molar-refractivity contribution >= 4 is 29.0 Å². The number of hydrogen-bond acceptors (Lipinski definition) is 6. The van der Waals surface area contributed by atoms with Gasteiger partial charge in [-0.1, -0.05) is 41.1 Å². The molecule has 2 aromatic rings. The fraction of sp³-hybridized carbons (Fsp3) is 0.381. The molecule has 29 heavy (non-hydrogen) atoms. The molecule has 2 fully saturated rings. The minimum atomic E-state index is -0.594. The highest BCUT2D eigenvalue weighted by Crippen LogP contribution is 2.35. The molecule has 2 saturated heterocycles. The lowest BCUT2D eigenvalue weighted by Crippen LogP contribution is -2.28. The Hall–Kier alpha value is -2.01. The van der Waals surface area contributed by atoms with Crippen LogP contribution in [-0.4, -0.2) is 41.6 Å². The fourth-order valence-electron chi connectivity index (χ4n) is 3.55. The maximum absolute atomic E-state index is 9.83. The predicted molar refractivity (Wildman–Crippen MR) is 110 cm³/mol. The van der Waals surface area contributed by atoms with Crippen LogP contribution in [0, 0.1) is 17.8 Å². The lowest BCUT2D eigenvalue weighted by Gasteiger charge is -2.18. The number of nitrogens with zero attached hydrogens (tertiary/aromatic N) is 1. The van der Waals surface area contributed by atoms with Crippen molar-refractivity contribution in [2.24, 2.45) is 5.92 Å². The van der Waals surface area contributed by atoms with E-state index in [0.29, 0.717) is 33.5 Å². The number of nitrogens with two attached hydrogens (primary N) is 1. The average molecular weight is 435 g/mol. The molecule has 152 valence electrons. The molecule has 8 heteroatoms. The van der Waals surface area contributed by atoms with Crippen molar-refractivity contribution in [2.45, 2.75) is 31.3 Å². The zero-order chi connectivity index (χ0) is 20.5. The van der Waals surface area contributed by atoms with Crippen LogP contribution in [0.5, 0.6) is 5.75 Å². The van der Waals surface area contributed by atoms with Crippen LogP contribution in [0.15, 0.2) is 30.5 Å². The Morgan fingerprint density at radius 3 is 2.72 bits per heavy atom. The molecule has 2 aliphatic rings. The lowest BCUT2D eigenvalue weighted by atomic mass is 10.0. The van der Waals surface area contributed by atoms with Crippen LogP contribution in [-0.2, 0) is 9.47 Å². The first-order valence-corrected chi connectivity index (χ1v) is 9.98. The molecule has 4 rings (SSSR count). The highest BCUT2D eigenvalue weighted by Gasteiger charge is 2.46. The fourth-order valence-corrected chi connectivity index (χ4v) is 4.25. The van der Waals surface area contributed by atoms with E-state index in [-0.39, 0.29) is 30.6 Å². The van der Waals surface area contributed by atoms with Gasteiger partial charge in [-0.15, -0.1) is 0 Å². The zero-order valence-corrected chi connectivity index (χ0v) is 17.2. The minimum absolute atomic E-state index is 0.111. The number of halogens is 2. The summed E-state index contributed by atoms with van der Waals surface area (Å²) in [5.41, 5.74) is 7.30. The molecule has 0 saturated carbocycles. The van der Waals surface area contributed by atoms with Gasteiger partial charge in [0.05, 0.1) is 19.1 Å². The molecule has 2 aliphatic heterocycles. The Balaban J connectivity index is 1.52. The Morgan fingerprint density at radius 2 is 1.97 bits per heavy atom. The van der Waals surface area contributed by atoms with Crippen molar-refractivity contribution < 1.29 is 19.3 Å². The Kier molecular flexibility index (Phi) is 5.86. The SMILES string of the molecule is CC(Oc1cc(C#CC2COC3C(O)COC23)cnc1N)c1c(Cl)cccc1Cl. The van der Waals surface area contributed by atoms with Gasteiger partial charge in [0.1, 0.15) is 24.4 Å². The summed E-state index contributed by atoms with van der Waals surface area (Å²) in [5, 5.41) is 10.9. The van der Waals surface area contributed by atoms with Gasteiger partial charge in [0.15, 0.2) is 11.6 Å². The van der Waals surface area contributed by atoms with Gasteiger partial charge in [-0.3, -0.25) is 0 Å². The largest absolute Gasteiger partial charge is 0.482 e. The average Bonchev–Trinajstić information content (AvgIpc) is 3.25. The smallest absolute Gasteiger partial charge is 0.166 e. The second-order valence-electron chi connectivity index (χ2n) is 7.04. The van der Waals surface area contributed by atoms with E-state index in [2.05, 4.69) is 16.8 Å². The summed E-state index contributed by atoms with van der Waals surface area (Å²) in [6, 6.07) is 7.02. The third-order valence-corrected chi connectivity index (χ3v) is 5.68. The molecule has 6 nitrogen and oxygen atoms in total. The minimum Gasteiger partial charge on any atom is -0.482 e. The number of aliphatic hydroxyl groups is 1. The van der Waals surface area contributed by atoms with Gasteiger partial charge in [0, 0.05) is 33.4 Å². The molecule has 1 aromatic heterocycles. The van der Waals surface area contributed by atoms with Crippen molar-refractivity contribution in [1.82, 2.24) is 4.98 Å². The summed E-state index contributed by atoms with van der Waals surface area (Å²) in [5.74, 6) is 6.76. The molecule has 0 amide bonds. The van der Waals surface area contributed by atoms with Gasteiger partial charge < -0.3 is 25.1 Å². The summed E-state index contributed by atoms with van der Waals surface area (Å²) in [4.78, 5) is 4.18. The monoisotopic (exact) mass is 434 g/mol. The molecule has 1 aromatic carbocycles. The number of fused-ring (bicyclic) bond motifs is 1. The van der Waals surface area contributed by atoms with Crippen molar-refractivity contribution in [2.75, 3.05) is 18.9 Å². The summed E-state index contributed by atoms with van der Waals surface area (Å²) in [6.07, 6.45) is 0.0419. The molecule has 0 aliphatic carbocycles. The highest BCUT2D eigenvalue weighted by molar-refractivity contribution is 6.36. The summed E-state index contributed by atoms with van der Waals surface area (Å²) < 4.78 is 17.2. The zero-order valence-electron chi connectivity index (χ0n) is 15.6. The number of benzene rings is 1. The van der Waals surface area contributed by atoms with E-state index >= 15 is 0 Å². The number of anilines is 1. The number of aromatic nitrogens is 1. The summed E-state index contributed by atoms with van der Waals surface area (Å²) >= 11 is 12.5. The maximum Gasteiger partial charge on any atom is 0.166 e. The number of hydrogen-bond donors (Lipinski definition) is 2. The molecule has 3 heterocycles. The second kappa shape index (κ2) is 8.39. The first kappa shape index (κ1) is 20.3. The normalized spacial score (nSPS) is 26.5. The van der Waals surface area contributed by atoms with Gasteiger partial charge >= 0.3 is 0 Å². The molecule has 0 spiro atoms. The van der Waals surface area contributed by atoms with Crippen molar-refractivity contribution in [3.63, 3.8) is 0 Å².